The molecule has 1 heterocycles. The number of carbonyl (C=O) groups is 1. The zero-order valence-electron chi connectivity index (χ0n) is 13.2. The second-order valence-electron chi connectivity index (χ2n) is 6.36. The minimum absolute atomic E-state index is 0.0893. The average Bonchev–Trinajstić information content (AvgIpc) is 2.83. The van der Waals surface area contributed by atoms with E-state index in [2.05, 4.69) is 9.83 Å². The number of nitrogens with two attached hydrogens (primary N) is 2. The molecule has 5 nitrogen and oxygen atoms in total. The summed E-state index contributed by atoms with van der Waals surface area (Å²) >= 11 is 0. The van der Waals surface area contributed by atoms with Crippen LogP contribution < -0.4 is 11.5 Å². The van der Waals surface area contributed by atoms with Gasteiger partial charge in [0.2, 0.25) is 5.69 Å². The number of amides is 1. The molecule has 0 spiro atoms. The van der Waals surface area contributed by atoms with Gasteiger partial charge in [-0.15, -0.1) is 0 Å². The molecule has 0 saturated heterocycles. The molecule has 1 aromatic heterocycles. The van der Waals surface area contributed by atoms with Crippen molar-refractivity contribution in [3.63, 3.8) is 0 Å². The predicted octanol–water partition coefficient (Wildman–Crippen LogP) is 3.39. The summed E-state index contributed by atoms with van der Waals surface area (Å²) in [7, 11) is 0. The van der Waals surface area contributed by atoms with Crippen LogP contribution in [0.3, 0.4) is 0 Å². The molecule has 5 N–H and O–H groups in total. The molecule has 1 saturated carbocycles. The quantitative estimate of drug-likeness (QED) is 0.736. The maximum Gasteiger partial charge on any atom is 0.253 e. The Morgan fingerprint density at radius 2 is 2.04 bits per heavy atom. The third-order valence-corrected chi connectivity index (χ3v) is 4.80. The van der Waals surface area contributed by atoms with E-state index in [9.17, 15) is 13.6 Å². The van der Waals surface area contributed by atoms with Gasteiger partial charge < -0.3 is 16.5 Å². The summed E-state index contributed by atoms with van der Waals surface area (Å²) < 4.78 is 29.4. The number of benzene rings is 1. The average molecular weight is 332 g/mol. The molecule has 7 heteroatoms. The lowest BCUT2D eigenvalue weighted by Gasteiger charge is -2.28. The van der Waals surface area contributed by atoms with Gasteiger partial charge in [-0.2, -0.15) is 0 Å². The monoisotopic (exact) mass is 332 g/mol. The van der Waals surface area contributed by atoms with Gasteiger partial charge in [0.25, 0.3) is 5.91 Å². The summed E-state index contributed by atoms with van der Waals surface area (Å²) in [5.41, 5.74) is 11.6. The number of aryl methyl sites for hydroxylation is 1. The Kier molecular flexibility index (Phi) is 4.01. The van der Waals surface area contributed by atoms with E-state index < -0.39 is 23.1 Å². The molecule has 3 rings (SSSR count). The Labute approximate surface area is 137 Å². The van der Waals surface area contributed by atoms with Gasteiger partial charge in [0.15, 0.2) is 11.6 Å². The Bertz CT molecular complexity index is 881. The molecule has 2 unspecified atom stereocenters. The standard InChI is InChI=1S/C17H18F2N4O/c1-7-15(22-2)11-10(8-4-3-5-9(20)6-8)13(18)14(19)12(17(21)24)16(11)23-7/h8-9,23H,3-6,20H2,1H3,(H2,21,24). The van der Waals surface area contributed by atoms with E-state index in [1.807, 2.05) is 0 Å². The maximum atomic E-state index is 14.8. The van der Waals surface area contributed by atoms with Crippen molar-refractivity contribution in [2.45, 2.75) is 44.6 Å². The van der Waals surface area contributed by atoms with E-state index in [0.29, 0.717) is 18.5 Å². The van der Waals surface area contributed by atoms with Gasteiger partial charge in [0.05, 0.1) is 12.1 Å². The van der Waals surface area contributed by atoms with Crippen LogP contribution in [0.5, 0.6) is 0 Å². The zero-order chi connectivity index (χ0) is 17.6. The van der Waals surface area contributed by atoms with Crippen LogP contribution in [0.2, 0.25) is 0 Å². The first kappa shape index (κ1) is 16.4. The Hall–Kier alpha value is -2.46. The van der Waals surface area contributed by atoms with Crippen LogP contribution >= 0.6 is 0 Å². The molecular weight excluding hydrogens is 314 g/mol. The molecule has 24 heavy (non-hydrogen) atoms. The fourth-order valence-corrected chi connectivity index (χ4v) is 3.76. The highest BCUT2D eigenvalue weighted by Crippen LogP contribution is 2.44. The molecule has 0 radical (unpaired) electrons. The molecule has 1 fully saturated rings. The first-order chi connectivity index (χ1) is 11.4. The number of rotatable bonds is 2. The first-order valence-electron chi connectivity index (χ1n) is 7.82. The topological polar surface area (TPSA) is 89.3 Å². The van der Waals surface area contributed by atoms with E-state index >= 15 is 0 Å². The normalized spacial score (nSPS) is 21.0. The van der Waals surface area contributed by atoms with Crippen molar-refractivity contribution >= 4 is 22.5 Å². The van der Waals surface area contributed by atoms with E-state index in [1.54, 1.807) is 6.92 Å². The second-order valence-corrected chi connectivity index (χ2v) is 6.36. The highest BCUT2D eigenvalue weighted by atomic mass is 19.2. The van der Waals surface area contributed by atoms with Crippen LogP contribution in [0, 0.1) is 25.1 Å². The highest BCUT2D eigenvalue weighted by molar-refractivity contribution is 6.10. The lowest BCUT2D eigenvalue weighted by atomic mass is 9.79. The summed E-state index contributed by atoms with van der Waals surface area (Å²) in [4.78, 5) is 17.9. The van der Waals surface area contributed by atoms with Crippen LogP contribution in [0.15, 0.2) is 0 Å². The number of H-pyrrole nitrogens is 1. The van der Waals surface area contributed by atoms with Gasteiger partial charge in [-0.3, -0.25) is 4.79 Å². The summed E-state index contributed by atoms with van der Waals surface area (Å²) in [5, 5.41) is 0.259. The summed E-state index contributed by atoms with van der Waals surface area (Å²) in [6.45, 7) is 9.01. The van der Waals surface area contributed by atoms with E-state index in [4.69, 9.17) is 18.0 Å². The van der Waals surface area contributed by atoms with E-state index in [-0.39, 0.29) is 34.1 Å². The van der Waals surface area contributed by atoms with Crippen LogP contribution in [-0.2, 0) is 0 Å². The molecule has 1 aliphatic carbocycles. The van der Waals surface area contributed by atoms with E-state index in [0.717, 1.165) is 12.8 Å². The van der Waals surface area contributed by atoms with Gasteiger partial charge >= 0.3 is 0 Å². The van der Waals surface area contributed by atoms with Gasteiger partial charge in [-0.05, 0) is 37.7 Å². The van der Waals surface area contributed by atoms with Crippen molar-refractivity contribution < 1.29 is 13.6 Å². The number of fused-ring (bicyclic) bond motifs is 1. The molecule has 1 amide bonds. The Morgan fingerprint density at radius 3 is 2.62 bits per heavy atom. The van der Waals surface area contributed by atoms with Gasteiger partial charge in [0, 0.05) is 17.1 Å². The van der Waals surface area contributed by atoms with Crippen LogP contribution in [0.4, 0.5) is 14.5 Å². The number of aromatic amines is 1. The number of hydrogen-bond acceptors (Lipinski definition) is 2. The van der Waals surface area contributed by atoms with Gasteiger partial charge in [-0.1, -0.05) is 6.42 Å². The Balaban J connectivity index is 2.40. The maximum absolute atomic E-state index is 14.8. The van der Waals surface area contributed by atoms with Crippen molar-refractivity contribution in [3.8, 4) is 0 Å². The summed E-state index contributed by atoms with van der Waals surface area (Å²) in [5.74, 6) is -3.72. The predicted molar refractivity (Wildman–Crippen MR) is 86.9 cm³/mol. The number of nitrogens with zero attached hydrogens (tertiary/aromatic N) is 1. The van der Waals surface area contributed by atoms with Gasteiger partial charge in [-0.25, -0.2) is 13.6 Å². The highest BCUT2D eigenvalue weighted by Gasteiger charge is 2.32. The van der Waals surface area contributed by atoms with Crippen molar-refractivity contribution in [3.05, 3.63) is 39.9 Å². The molecule has 2 aromatic rings. The molecule has 1 aromatic carbocycles. The fraction of sp³-hybridized carbons (Fsp3) is 0.412. The number of halogens is 2. The third-order valence-electron chi connectivity index (χ3n) is 4.80. The van der Waals surface area contributed by atoms with E-state index in [1.165, 1.54) is 0 Å². The zero-order valence-corrected chi connectivity index (χ0v) is 13.2. The lowest BCUT2D eigenvalue weighted by Crippen LogP contribution is -2.27. The molecule has 126 valence electrons. The van der Waals surface area contributed by atoms with Crippen LogP contribution in [0.25, 0.3) is 15.7 Å². The van der Waals surface area contributed by atoms with Crippen molar-refractivity contribution in [2.75, 3.05) is 0 Å². The number of hydrogen-bond donors (Lipinski definition) is 3. The number of nitrogens with one attached hydrogen (secondary N) is 1. The van der Waals surface area contributed by atoms with Gasteiger partial charge in [0.1, 0.15) is 5.56 Å². The minimum atomic E-state index is -1.26. The van der Waals surface area contributed by atoms with Crippen molar-refractivity contribution in [2.24, 2.45) is 11.5 Å². The summed E-state index contributed by atoms with van der Waals surface area (Å²) in [6, 6.07) is -0.0893. The third kappa shape index (κ3) is 2.34. The SMILES string of the molecule is [C-]#[N+]c1c(C)[nH]c2c(C(N)=O)c(F)c(F)c(C3CCCC(N)C3)c12. The number of primary amides is 1. The fourth-order valence-electron chi connectivity index (χ4n) is 3.76. The minimum Gasteiger partial charge on any atom is -0.369 e. The lowest BCUT2D eigenvalue weighted by molar-refractivity contribution is 0.0997. The molecule has 1 aliphatic rings. The molecule has 0 bridgehead atoms. The van der Waals surface area contributed by atoms with Crippen LogP contribution in [-0.4, -0.2) is 16.9 Å². The Morgan fingerprint density at radius 1 is 1.33 bits per heavy atom. The molecule has 0 aliphatic heterocycles. The first-order valence-corrected chi connectivity index (χ1v) is 7.82. The summed E-state index contributed by atoms with van der Waals surface area (Å²) in [6.07, 6.45) is 2.83. The largest absolute Gasteiger partial charge is 0.369 e. The second kappa shape index (κ2) is 5.87. The van der Waals surface area contributed by atoms with Crippen molar-refractivity contribution in [1.29, 1.82) is 0 Å². The molecular formula is C17H18F2N4O. The smallest absolute Gasteiger partial charge is 0.253 e. The number of carbonyl (C=O) groups excluding carboxylic acids is 1. The van der Waals surface area contributed by atoms with Crippen molar-refractivity contribution in [1.82, 2.24) is 4.98 Å². The van der Waals surface area contributed by atoms with Crippen LogP contribution in [0.1, 0.15) is 53.2 Å². The number of aromatic nitrogens is 1. The molecule has 2 atom stereocenters.